The van der Waals surface area contributed by atoms with Gasteiger partial charge in [-0.2, -0.15) is 0 Å². The fourth-order valence-electron chi connectivity index (χ4n) is 8.62. The van der Waals surface area contributed by atoms with Crippen molar-refractivity contribution in [3.63, 3.8) is 0 Å². The minimum atomic E-state index is 0.133. The molecule has 2 aliphatic carbocycles. The highest BCUT2D eigenvalue weighted by molar-refractivity contribution is 5.93. The molecule has 0 amide bonds. The highest BCUT2D eigenvalue weighted by Gasteiger charge is 2.44. The van der Waals surface area contributed by atoms with Crippen molar-refractivity contribution in [2.75, 3.05) is 0 Å². The number of pyridine rings is 1. The molecule has 2 aliphatic rings. The van der Waals surface area contributed by atoms with Crippen LogP contribution in [-0.4, -0.2) is 19.9 Å². The summed E-state index contributed by atoms with van der Waals surface area (Å²) in [6.45, 7) is 0. The van der Waals surface area contributed by atoms with Crippen molar-refractivity contribution in [2.24, 2.45) is 0 Å². The molecule has 4 nitrogen and oxygen atoms in total. The molecule has 0 saturated heterocycles. The molecule has 8 aromatic rings. The number of rotatable bonds is 5. The maximum Gasteiger partial charge on any atom is 0.182 e. The summed E-state index contributed by atoms with van der Waals surface area (Å²) in [7, 11) is 0. The molecule has 0 unspecified atom stereocenters. The van der Waals surface area contributed by atoms with Crippen LogP contribution in [0.1, 0.15) is 43.2 Å². The van der Waals surface area contributed by atoms with Gasteiger partial charge < -0.3 is 0 Å². The van der Waals surface area contributed by atoms with Crippen LogP contribution in [0.5, 0.6) is 0 Å². The molecule has 2 heterocycles. The Bertz CT molecular complexity index is 2590. The number of para-hydroxylation sites is 1. The summed E-state index contributed by atoms with van der Waals surface area (Å²) in [6, 6.07) is 55.9. The second-order valence-corrected chi connectivity index (χ2v) is 14.1. The molecule has 0 radical (unpaired) electrons. The predicted molar refractivity (Wildman–Crippen MR) is 212 cm³/mol. The number of hydrogen-bond acceptors (Lipinski definition) is 4. The summed E-state index contributed by atoms with van der Waals surface area (Å²) in [5, 5.41) is 1.08. The zero-order valence-electron chi connectivity index (χ0n) is 28.8. The van der Waals surface area contributed by atoms with E-state index in [1.165, 1.54) is 71.0 Å². The molecular weight excluding hydrogens is 633 g/mol. The molecule has 2 aromatic heterocycles. The molecule has 1 saturated carbocycles. The molecule has 248 valence electrons. The smallest absolute Gasteiger partial charge is 0.182 e. The fourth-order valence-corrected chi connectivity index (χ4v) is 8.62. The molecule has 0 atom stereocenters. The Morgan fingerprint density at radius 1 is 0.365 bits per heavy atom. The van der Waals surface area contributed by atoms with E-state index in [0.29, 0.717) is 17.5 Å². The number of benzene rings is 6. The monoisotopic (exact) mass is 668 g/mol. The summed E-state index contributed by atoms with van der Waals surface area (Å²) in [5.41, 5.74) is 14.2. The van der Waals surface area contributed by atoms with Gasteiger partial charge in [-0.25, -0.2) is 19.9 Å². The first-order chi connectivity index (χ1) is 25.7. The van der Waals surface area contributed by atoms with E-state index in [1.807, 2.05) is 30.3 Å². The molecule has 4 heteroatoms. The van der Waals surface area contributed by atoms with Crippen molar-refractivity contribution in [1.82, 2.24) is 19.9 Å². The van der Waals surface area contributed by atoms with Crippen molar-refractivity contribution >= 4 is 10.9 Å². The average molecular weight is 669 g/mol. The maximum absolute atomic E-state index is 5.06. The van der Waals surface area contributed by atoms with Gasteiger partial charge in [0.05, 0.1) is 5.52 Å². The molecule has 0 aliphatic heterocycles. The predicted octanol–water partition coefficient (Wildman–Crippen LogP) is 12.0. The third-order valence-electron chi connectivity index (χ3n) is 11.2. The number of hydrogen-bond donors (Lipinski definition) is 0. The van der Waals surface area contributed by atoms with Crippen LogP contribution in [0, 0.1) is 0 Å². The van der Waals surface area contributed by atoms with Crippen LogP contribution in [0.15, 0.2) is 158 Å². The average Bonchev–Trinajstić information content (AvgIpc) is 3.50. The second-order valence-electron chi connectivity index (χ2n) is 14.1. The Morgan fingerprint density at radius 3 is 1.71 bits per heavy atom. The van der Waals surface area contributed by atoms with Gasteiger partial charge >= 0.3 is 0 Å². The molecule has 0 bridgehead atoms. The third kappa shape index (κ3) is 5.13. The van der Waals surface area contributed by atoms with E-state index >= 15 is 0 Å². The number of aromatic nitrogens is 4. The molecule has 1 spiro atoms. The standard InChI is InChI=1S/C48H36N4/c1-3-12-32(13-4-1)33-20-24-36(25-21-33)45-50-46(52-47(51-45)43-29-28-35-14-5-8-19-42(35)49-43)37-26-22-34(23-27-37)38-16-11-18-41-44(38)39-15-6-7-17-40(39)48(41)30-9-2-10-31-48/h1,3-8,11-29H,2,9-10,30-31H2. The minimum absolute atomic E-state index is 0.133. The van der Waals surface area contributed by atoms with Crippen LogP contribution < -0.4 is 0 Å². The van der Waals surface area contributed by atoms with Crippen molar-refractivity contribution in [3.05, 3.63) is 169 Å². The Labute approximate surface area is 304 Å². The van der Waals surface area contributed by atoms with Crippen LogP contribution in [-0.2, 0) is 5.41 Å². The van der Waals surface area contributed by atoms with Gasteiger partial charge in [0, 0.05) is 21.9 Å². The van der Waals surface area contributed by atoms with Gasteiger partial charge in [0.1, 0.15) is 5.69 Å². The zero-order valence-corrected chi connectivity index (χ0v) is 28.8. The number of fused-ring (bicyclic) bond motifs is 6. The Morgan fingerprint density at radius 2 is 0.942 bits per heavy atom. The Hall–Kier alpha value is -6.26. The van der Waals surface area contributed by atoms with Gasteiger partial charge in [-0.3, -0.25) is 0 Å². The van der Waals surface area contributed by atoms with Gasteiger partial charge in [0.25, 0.3) is 0 Å². The van der Waals surface area contributed by atoms with Crippen LogP contribution >= 0.6 is 0 Å². The molecule has 10 rings (SSSR count). The maximum atomic E-state index is 5.06. The summed E-state index contributed by atoms with van der Waals surface area (Å²) < 4.78 is 0. The zero-order chi connectivity index (χ0) is 34.5. The van der Waals surface area contributed by atoms with Gasteiger partial charge in [0.15, 0.2) is 17.5 Å². The normalized spacial score (nSPS) is 14.3. The Kier molecular flexibility index (Phi) is 7.35. The van der Waals surface area contributed by atoms with Gasteiger partial charge in [-0.05, 0) is 69.5 Å². The highest BCUT2D eigenvalue weighted by Crippen LogP contribution is 2.57. The molecule has 6 aromatic carbocycles. The van der Waals surface area contributed by atoms with Crippen LogP contribution in [0.25, 0.3) is 78.6 Å². The first-order valence-electron chi connectivity index (χ1n) is 18.4. The SMILES string of the molecule is c1ccc(-c2ccc(-c3nc(-c4ccc(-c5cccc6c5-c5ccccc5C65CCCCC5)cc4)nc(-c4ccc5ccccc5n4)n3)cc2)cc1. The Balaban J connectivity index is 1.07. The van der Waals surface area contributed by atoms with Crippen LogP contribution in [0.3, 0.4) is 0 Å². The van der Waals surface area contributed by atoms with E-state index in [-0.39, 0.29) is 5.41 Å². The summed E-state index contributed by atoms with van der Waals surface area (Å²) in [4.78, 5) is 20.0. The minimum Gasteiger partial charge on any atom is -0.244 e. The van der Waals surface area contributed by atoms with E-state index in [1.54, 1.807) is 0 Å². The van der Waals surface area contributed by atoms with Crippen molar-refractivity contribution in [3.8, 4) is 67.7 Å². The van der Waals surface area contributed by atoms with Gasteiger partial charge in [-0.15, -0.1) is 0 Å². The first-order valence-corrected chi connectivity index (χ1v) is 18.4. The highest BCUT2D eigenvalue weighted by atomic mass is 15.0. The van der Waals surface area contributed by atoms with E-state index in [4.69, 9.17) is 19.9 Å². The van der Waals surface area contributed by atoms with Crippen LogP contribution in [0.2, 0.25) is 0 Å². The lowest BCUT2D eigenvalue weighted by Gasteiger charge is -2.36. The van der Waals surface area contributed by atoms with Crippen molar-refractivity contribution in [2.45, 2.75) is 37.5 Å². The van der Waals surface area contributed by atoms with E-state index < -0.39 is 0 Å². The number of nitrogens with zero attached hydrogens (tertiary/aromatic N) is 4. The molecule has 0 N–H and O–H groups in total. The second kappa shape index (κ2) is 12.5. The topological polar surface area (TPSA) is 51.6 Å². The first kappa shape index (κ1) is 30.6. The van der Waals surface area contributed by atoms with Gasteiger partial charge in [0.2, 0.25) is 0 Å². The summed E-state index contributed by atoms with van der Waals surface area (Å²) >= 11 is 0. The van der Waals surface area contributed by atoms with Crippen LogP contribution in [0.4, 0.5) is 0 Å². The van der Waals surface area contributed by atoms with E-state index in [2.05, 4.69) is 127 Å². The summed E-state index contributed by atoms with van der Waals surface area (Å²) in [5.74, 6) is 1.80. The van der Waals surface area contributed by atoms with Gasteiger partial charge in [-0.1, -0.05) is 165 Å². The molecule has 52 heavy (non-hydrogen) atoms. The van der Waals surface area contributed by atoms with Crippen molar-refractivity contribution < 1.29 is 0 Å². The third-order valence-corrected chi connectivity index (χ3v) is 11.2. The van der Waals surface area contributed by atoms with E-state index in [0.717, 1.165) is 33.3 Å². The fraction of sp³-hybridized carbons (Fsp3) is 0.125. The quantitative estimate of drug-likeness (QED) is 0.183. The summed E-state index contributed by atoms with van der Waals surface area (Å²) in [6.07, 6.45) is 6.36. The molecule has 1 fully saturated rings. The van der Waals surface area contributed by atoms with E-state index in [9.17, 15) is 0 Å². The largest absolute Gasteiger partial charge is 0.244 e. The lowest BCUT2D eigenvalue weighted by atomic mass is 9.68. The van der Waals surface area contributed by atoms with Crippen molar-refractivity contribution in [1.29, 1.82) is 0 Å². The molecular formula is C48H36N4. The lowest BCUT2D eigenvalue weighted by molar-refractivity contribution is 0.353. The lowest BCUT2D eigenvalue weighted by Crippen LogP contribution is -2.27.